The summed E-state index contributed by atoms with van der Waals surface area (Å²) >= 11 is 0. The maximum absolute atomic E-state index is 13.0. The van der Waals surface area contributed by atoms with Crippen molar-refractivity contribution in [1.82, 2.24) is 15.2 Å². The Balaban J connectivity index is 1.61. The van der Waals surface area contributed by atoms with E-state index in [0.29, 0.717) is 11.8 Å². The highest BCUT2D eigenvalue weighted by Gasteiger charge is 2.22. The van der Waals surface area contributed by atoms with Crippen LogP contribution in [-0.2, 0) is 6.42 Å². The Morgan fingerprint density at radius 1 is 1.04 bits per heavy atom. The SMILES string of the molecule is Fc1ccc(Nc2cnnc(N3CCc4ccccc43)n2)cc1. The Bertz CT molecular complexity index is 834. The monoisotopic (exact) mass is 307 g/mol. The number of nitrogens with zero attached hydrogens (tertiary/aromatic N) is 4. The normalized spacial score (nSPS) is 13.0. The summed E-state index contributed by atoms with van der Waals surface area (Å²) < 4.78 is 13.0. The van der Waals surface area contributed by atoms with Crippen molar-refractivity contribution in [3.8, 4) is 0 Å². The summed E-state index contributed by atoms with van der Waals surface area (Å²) in [6, 6.07) is 14.3. The van der Waals surface area contributed by atoms with Crippen molar-refractivity contribution < 1.29 is 4.39 Å². The number of hydrogen-bond acceptors (Lipinski definition) is 5. The molecule has 1 N–H and O–H groups in total. The predicted octanol–water partition coefficient (Wildman–Crippen LogP) is 3.45. The fourth-order valence-electron chi connectivity index (χ4n) is 2.70. The summed E-state index contributed by atoms with van der Waals surface area (Å²) in [5, 5.41) is 11.3. The molecular weight excluding hydrogens is 293 g/mol. The van der Waals surface area contributed by atoms with Gasteiger partial charge in [0.25, 0.3) is 5.95 Å². The molecule has 0 saturated heterocycles. The van der Waals surface area contributed by atoms with Gasteiger partial charge in [-0.3, -0.25) is 0 Å². The molecule has 0 saturated carbocycles. The second kappa shape index (κ2) is 5.64. The average molecular weight is 307 g/mol. The molecule has 0 spiro atoms. The summed E-state index contributed by atoms with van der Waals surface area (Å²) in [7, 11) is 0. The van der Waals surface area contributed by atoms with Crippen LogP contribution in [0.25, 0.3) is 0 Å². The number of fused-ring (bicyclic) bond motifs is 1. The maximum Gasteiger partial charge on any atom is 0.251 e. The predicted molar refractivity (Wildman–Crippen MR) is 86.7 cm³/mol. The van der Waals surface area contributed by atoms with Crippen LogP contribution in [0, 0.1) is 5.82 Å². The molecule has 2 aromatic carbocycles. The van der Waals surface area contributed by atoms with E-state index in [4.69, 9.17) is 0 Å². The highest BCUT2D eigenvalue weighted by molar-refractivity contribution is 5.66. The van der Waals surface area contributed by atoms with Gasteiger partial charge in [-0.05, 0) is 42.3 Å². The van der Waals surface area contributed by atoms with E-state index < -0.39 is 0 Å². The number of halogens is 1. The molecule has 5 nitrogen and oxygen atoms in total. The topological polar surface area (TPSA) is 53.9 Å². The average Bonchev–Trinajstić information content (AvgIpc) is 3.01. The van der Waals surface area contributed by atoms with Gasteiger partial charge < -0.3 is 10.2 Å². The van der Waals surface area contributed by atoms with Crippen LogP contribution in [-0.4, -0.2) is 21.7 Å². The smallest absolute Gasteiger partial charge is 0.251 e. The molecule has 23 heavy (non-hydrogen) atoms. The molecule has 114 valence electrons. The van der Waals surface area contributed by atoms with Crippen molar-refractivity contribution >= 4 is 23.1 Å². The Morgan fingerprint density at radius 2 is 1.87 bits per heavy atom. The van der Waals surface area contributed by atoms with Gasteiger partial charge in [-0.15, -0.1) is 5.10 Å². The lowest BCUT2D eigenvalue weighted by molar-refractivity contribution is 0.628. The molecule has 3 aromatic rings. The second-order valence-corrected chi connectivity index (χ2v) is 5.30. The van der Waals surface area contributed by atoms with E-state index in [1.165, 1.54) is 17.7 Å². The number of rotatable bonds is 3. The van der Waals surface area contributed by atoms with E-state index >= 15 is 0 Å². The lowest BCUT2D eigenvalue weighted by atomic mass is 10.2. The molecule has 0 aliphatic carbocycles. The van der Waals surface area contributed by atoms with E-state index in [1.807, 2.05) is 12.1 Å². The van der Waals surface area contributed by atoms with Gasteiger partial charge >= 0.3 is 0 Å². The van der Waals surface area contributed by atoms with Crippen molar-refractivity contribution in [1.29, 1.82) is 0 Å². The molecule has 0 unspecified atom stereocenters. The number of benzene rings is 2. The molecule has 2 heterocycles. The zero-order chi connectivity index (χ0) is 15.6. The third-order valence-corrected chi connectivity index (χ3v) is 3.79. The minimum atomic E-state index is -0.272. The van der Waals surface area contributed by atoms with Crippen LogP contribution in [0.5, 0.6) is 0 Å². The van der Waals surface area contributed by atoms with E-state index in [-0.39, 0.29) is 5.82 Å². The van der Waals surface area contributed by atoms with Crippen LogP contribution in [0.3, 0.4) is 0 Å². The summed E-state index contributed by atoms with van der Waals surface area (Å²) in [5.41, 5.74) is 3.15. The van der Waals surface area contributed by atoms with Crippen molar-refractivity contribution in [3.63, 3.8) is 0 Å². The molecule has 6 heteroatoms. The minimum absolute atomic E-state index is 0.272. The highest BCUT2D eigenvalue weighted by atomic mass is 19.1. The summed E-state index contributed by atoms with van der Waals surface area (Å²) in [5.74, 6) is 0.860. The maximum atomic E-state index is 13.0. The number of aromatic nitrogens is 3. The first kappa shape index (κ1) is 13.6. The first-order chi connectivity index (χ1) is 11.3. The molecule has 0 fully saturated rings. The first-order valence-electron chi connectivity index (χ1n) is 7.37. The van der Waals surface area contributed by atoms with Gasteiger partial charge in [0, 0.05) is 17.9 Å². The Morgan fingerprint density at radius 3 is 2.74 bits per heavy atom. The van der Waals surface area contributed by atoms with Crippen molar-refractivity contribution in [2.24, 2.45) is 0 Å². The Kier molecular flexibility index (Phi) is 3.34. The molecule has 0 amide bonds. The van der Waals surface area contributed by atoms with Crippen LogP contribution in [0.15, 0.2) is 54.7 Å². The number of hydrogen-bond donors (Lipinski definition) is 1. The van der Waals surface area contributed by atoms with Crippen molar-refractivity contribution in [2.75, 3.05) is 16.8 Å². The van der Waals surface area contributed by atoms with Crippen LogP contribution in [0.4, 0.5) is 27.5 Å². The van der Waals surface area contributed by atoms with E-state index in [1.54, 1.807) is 18.3 Å². The molecule has 1 aliphatic rings. The minimum Gasteiger partial charge on any atom is -0.339 e. The lowest BCUT2D eigenvalue weighted by Gasteiger charge is -2.17. The molecule has 1 aromatic heterocycles. The summed E-state index contributed by atoms with van der Waals surface area (Å²) in [4.78, 5) is 6.57. The van der Waals surface area contributed by atoms with E-state index in [2.05, 4.69) is 37.5 Å². The first-order valence-corrected chi connectivity index (χ1v) is 7.37. The van der Waals surface area contributed by atoms with E-state index in [9.17, 15) is 4.39 Å². The number of anilines is 4. The fourth-order valence-corrected chi connectivity index (χ4v) is 2.70. The van der Waals surface area contributed by atoms with E-state index in [0.717, 1.165) is 24.3 Å². The quantitative estimate of drug-likeness (QED) is 0.803. The van der Waals surface area contributed by atoms with Gasteiger partial charge in [0.05, 0.1) is 6.20 Å². The van der Waals surface area contributed by atoms with Crippen LogP contribution < -0.4 is 10.2 Å². The highest BCUT2D eigenvalue weighted by Crippen LogP contribution is 2.32. The summed E-state index contributed by atoms with van der Waals surface area (Å²) in [6.45, 7) is 0.834. The molecular formula is C17H14FN5. The standard InChI is InChI=1S/C17H14FN5/c18-13-5-7-14(8-6-13)20-16-11-19-22-17(21-16)23-10-9-12-3-1-2-4-15(12)23/h1-8,11H,9-10H2,(H,20,21,22). The Labute approximate surface area is 132 Å². The van der Waals surface area contributed by atoms with Gasteiger partial charge in [0.15, 0.2) is 5.82 Å². The van der Waals surface area contributed by atoms with Gasteiger partial charge in [0.2, 0.25) is 0 Å². The zero-order valence-corrected chi connectivity index (χ0v) is 12.3. The van der Waals surface area contributed by atoms with Crippen molar-refractivity contribution in [3.05, 3.63) is 66.1 Å². The van der Waals surface area contributed by atoms with Gasteiger partial charge in [0.1, 0.15) is 5.82 Å². The van der Waals surface area contributed by atoms with Crippen LogP contribution in [0.2, 0.25) is 0 Å². The summed E-state index contributed by atoms with van der Waals surface area (Å²) in [6.07, 6.45) is 2.52. The molecule has 0 radical (unpaired) electrons. The second-order valence-electron chi connectivity index (χ2n) is 5.30. The molecule has 0 bridgehead atoms. The Hall–Kier alpha value is -3.02. The lowest BCUT2D eigenvalue weighted by Crippen LogP contribution is -2.17. The number of nitrogens with one attached hydrogen (secondary N) is 1. The van der Waals surface area contributed by atoms with Crippen LogP contribution >= 0.6 is 0 Å². The molecule has 1 aliphatic heterocycles. The van der Waals surface area contributed by atoms with Crippen molar-refractivity contribution in [2.45, 2.75) is 6.42 Å². The van der Waals surface area contributed by atoms with Gasteiger partial charge in [-0.25, -0.2) is 4.39 Å². The largest absolute Gasteiger partial charge is 0.339 e. The van der Waals surface area contributed by atoms with Gasteiger partial charge in [-0.1, -0.05) is 18.2 Å². The van der Waals surface area contributed by atoms with Gasteiger partial charge in [-0.2, -0.15) is 10.1 Å². The zero-order valence-electron chi connectivity index (χ0n) is 12.3. The third kappa shape index (κ3) is 2.70. The fraction of sp³-hybridized carbons (Fsp3) is 0.118. The van der Waals surface area contributed by atoms with Crippen LogP contribution in [0.1, 0.15) is 5.56 Å². The number of para-hydroxylation sites is 1. The molecule has 4 rings (SSSR count). The third-order valence-electron chi connectivity index (χ3n) is 3.79. The molecule has 0 atom stereocenters.